The minimum atomic E-state index is -3.21. The standard InChI is InChI=1S/C19H23N3O4S/c1-27(25,26)22-9-7-12(8-10-22)18(23)20-13-5-6-15-14-3-2-4-16(14)19(24)21-17(15)11-13/h5-6,11-12,15H,2-4,7-10H2,1H3,(H,21,24). The van der Waals surface area contributed by atoms with Crippen LogP contribution in [-0.4, -0.2) is 49.6 Å². The molecule has 2 aliphatic heterocycles. The molecule has 2 heterocycles. The fraction of sp³-hybridized carbons (Fsp3) is 0.526. The summed E-state index contributed by atoms with van der Waals surface area (Å²) in [6, 6.07) is 0. The molecule has 1 fully saturated rings. The number of carbonyl (C=O) groups is 2. The van der Waals surface area contributed by atoms with Crippen molar-refractivity contribution in [1.29, 1.82) is 0 Å². The second-order valence-corrected chi connectivity index (χ2v) is 9.54. The van der Waals surface area contributed by atoms with Crippen molar-refractivity contribution in [3.05, 3.63) is 35.1 Å². The largest absolute Gasteiger partial charge is 0.325 e. The van der Waals surface area contributed by atoms with Crippen LogP contribution in [-0.2, 0) is 19.6 Å². The first kappa shape index (κ1) is 18.3. The number of amides is 2. The van der Waals surface area contributed by atoms with Crippen LogP contribution in [0.15, 0.2) is 40.1 Å². The first-order valence-electron chi connectivity index (χ1n) is 9.33. The highest BCUT2D eigenvalue weighted by atomic mass is 32.2. The fourth-order valence-electron chi connectivity index (χ4n) is 4.31. The van der Waals surface area contributed by atoms with Gasteiger partial charge in [0.25, 0.3) is 5.91 Å². The normalized spacial score (nSPS) is 28.0. The number of piperidine rings is 1. The van der Waals surface area contributed by atoms with Crippen molar-refractivity contribution < 1.29 is 18.0 Å². The second-order valence-electron chi connectivity index (χ2n) is 7.56. The first-order valence-corrected chi connectivity index (χ1v) is 11.2. The maximum atomic E-state index is 12.5. The zero-order chi connectivity index (χ0) is 19.2. The summed E-state index contributed by atoms with van der Waals surface area (Å²) in [6.45, 7) is 0.707. The Kier molecular flexibility index (Phi) is 4.63. The predicted octanol–water partition coefficient (Wildman–Crippen LogP) is 1.31. The molecule has 0 radical (unpaired) electrons. The van der Waals surface area contributed by atoms with Crippen LogP contribution >= 0.6 is 0 Å². The fourth-order valence-corrected chi connectivity index (χ4v) is 5.19. The number of allylic oxidation sites excluding steroid dienone is 3. The van der Waals surface area contributed by atoms with Crippen LogP contribution in [0.5, 0.6) is 0 Å². The SMILES string of the molecule is CS(=O)(=O)N1CCC(C(=O)N=C2C=CC3C(=C2)NC(=O)C2=C3CCC2)CC1. The van der Waals surface area contributed by atoms with Crippen LogP contribution in [0, 0.1) is 11.8 Å². The smallest absolute Gasteiger partial charge is 0.251 e. The van der Waals surface area contributed by atoms with Crippen LogP contribution in [0.1, 0.15) is 32.1 Å². The molecule has 4 rings (SSSR count). The highest BCUT2D eigenvalue weighted by Gasteiger charge is 2.34. The summed E-state index contributed by atoms with van der Waals surface area (Å²) >= 11 is 0. The van der Waals surface area contributed by atoms with Gasteiger partial charge in [-0.15, -0.1) is 0 Å². The molecule has 144 valence electrons. The van der Waals surface area contributed by atoms with E-state index in [1.807, 2.05) is 12.2 Å². The molecule has 1 N–H and O–H groups in total. The van der Waals surface area contributed by atoms with Gasteiger partial charge in [-0.05, 0) is 49.8 Å². The lowest BCUT2D eigenvalue weighted by molar-refractivity contribution is -0.122. The number of nitrogens with zero attached hydrogens (tertiary/aromatic N) is 2. The Morgan fingerprint density at radius 3 is 2.70 bits per heavy atom. The maximum absolute atomic E-state index is 12.5. The molecule has 4 aliphatic rings. The van der Waals surface area contributed by atoms with Gasteiger partial charge < -0.3 is 5.32 Å². The lowest BCUT2D eigenvalue weighted by atomic mass is 9.85. The van der Waals surface area contributed by atoms with E-state index in [0.717, 1.165) is 30.5 Å². The van der Waals surface area contributed by atoms with Gasteiger partial charge in [0.15, 0.2) is 0 Å². The van der Waals surface area contributed by atoms with E-state index >= 15 is 0 Å². The van der Waals surface area contributed by atoms with Crippen LogP contribution in [0.3, 0.4) is 0 Å². The summed E-state index contributed by atoms with van der Waals surface area (Å²) in [5.41, 5.74) is 3.44. The molecular formula is C19H23N3O4S. The Bertz CT molecular complexity index is 919. The Labute approximate surface area is 159 Å². The van der Waals surface area contributed by atoms with Crippen LogP contribution in [0.4, 0.5) is 0 Å². The van der Waals surface area contributed by atoms with Crippen molar-refractivity contribution in [3.63, 3.8) is 0 Å². The van der Waals surface area contributed by atoms with E-state index in [-0.39, 0.29) is 23.7 Å². The van der Waals surface area contributed by atoms with Gasteiger partial charge in [-0.2, -0.15) is 0 Å². The minimum Gasteiger partial charge on any atom is -0.325 e. The lowest BCUT2D eigenvalue weighted by Gasteiger charge is -2.29. The second kappa shape index (κ2) is 6.83. The van der Waals surface area contributed by atoms with Gasteiger partial charge in [-0.25, -0.2) is 17.7 Å². The van der Waals surface area contributed by atoms with Gasteiger partial charge in [-0.3, -0.25) is 9.59 Å². The van der Waals surface area contributed by atoms with Crippen molar-refractivity contribution >= 4 is 27.5 Å². The summed E-state index contributed by atoms with van der Waals surface area (Å²) in [4.78, 5) is 29.0. The third-order valence-corrected chi connectivity index (χ3v) is 7.08. The highest BCUT2D eigenvalue weighted by Crippen LogP contribution is 2.39. The summed E-state index contributed by atoms with van der Waals surface area (Å²) in [5, 5.41) is 2.94. The van der Waals surface area contributed by atoms with Gasteiger partial charge in [0.05, 0.1) is 12.0 Å². The van der Waals surface area contributed by atoms with E-state index in [9.17, 15) is 18.0 Å². The number of fused-ring (bicyclic) bond motifs is 2. The van der Waals surface area contributed by atoms with Gasteiger partial charge in [0.1, 0.15) is 0 Å². The number of rotatable bonds is 2. The van der Waals surface area contributed by atoms with E-state index < -0.39 is 10.0 Å². The minimum absolute atomic E-state index is 0.0286. The highest BCUT2D eigenvalue weighted by molar-refractivity contribution is 7.88. The number of nitrogens with one attached hydrogen (secondary N) is 1. The Morgan fingerprint density at radius 2 is 2.00 bits per heavy atom. The third kappa shape index (κ3) is 3.55. The van der Waals surface area contributed by atoms with Gasteiger partial charge in [0, 0.05) is 36.2 Å². The van der Waals surface area contributed by atoms with Crippen LogP contribution < -0.4 is 5.32 Å². The molecule has 8 heteroatoms. The topological polar surface area (TPSA) is 95.9 Å². The molecule has 0 bridgehead atoms. The molecule has 27 heavy (non-hydrogen) atoms. The van der Waals surface area contributed by atoms with Crippen LogP contribution in [0.2, 0.25) is 0 Å². The van der Waals surface area contributed by atoms with E-state index in [2.05, 4.69) is 10.3 Å². The molecule has 0 aromatic rings. The summed E-state index contributed by atoms with van der Waals surface area (Å²) in [6.07, 6.45) is 10.6. The van der Waals surface area contributed by atoms with Gasteiger partial charge in [-0.1, -0.05) is 6.08 Å². The number of hydrogen-bond acceptors (Lipinski definition) is 4. The summed E-state index contributed by atoms with van der Waals surface area (Å²) in [7, 11) is -3.21. The zero-order valence-electron chi connectivity index (χ0n) is 15.3. The number of aliphatic imine (C=N–C) groups is 1. The summed E-state index contributed by atoms with van der Waals surface area (Å²) < 4.78 is 24.6. The Hall–Kier alpha value is -2.06. The molecule has 2 aliphatic carbocycles. The van der Waals surface area contributed by atoms with Crippen molar-refractivity contribution in [1.82, 2.24) is 9.62 Å². The lowest BCUT2D eigenvalue weighted by Crippen LogP contribution is -2.39. The van der Waals surface area contributed by atoms with Crippen molar-refractivity contribution in [2.45, 2.75) is 32.1 Å². The van der Waals surface area contributed by atoms with Gasteiger partial charge in [0.2, 0.25) is 15.9 Å². The molecular weight excluding hydrogens is 366 g/mol. The average molecular weight is 389 g/mol. The monoisotopic (exact) mass is 389 g/mol. The van der Waals surface area contributed by atoms with Crippen molar-refractivity contribution in [2.24, 2.45) is 16.8 Å². The Morgan fingerprint density at radius 1 is 1.26 bits per heavy atom. The zero-order valence-corrected chi connectivity index (χ0v) is 16.1. The number of sulfonamides is 1. The molecule has 7 nitrogen and oxygen atoms in total. The quantitative estimate of drug-likeness (QED) is 0.770. The van der Waals surface area contributed by atoms with E-state index in [1.54, 1.807) is 6.08 Å². The molecule has 2 amide bonds. The molecule has 1 atom stereocenters. The van der Waals surface area contributed by atoms with Gasteiger partial charge >= 0.3 is 0 Å². The van der Waals surface area contributed by atoms with Crippen LogP contribution in [0.25, 0.3) is 0 Å². The molecule has 1 unspecified atom stereocenters. The van der Waals surface area contributed by atoms with E-state index in [1.165, 1.54) is 16.1 Å². The Balaban J connectivity index is 1.46. The molecule has 0 aromatic heterocycles. The van der Waals surface area contributed by atoms with Crippen molar-refractivity contribution in [2.75, 3.05) is 19.3 Å². The molecule has 0 spiro atoms. The summed E-state index contributed by atoms with van der Waals surface area (Å²) in [5.74, 6) is -0.419. The first-order chi connectivity index (χ1) is 12.8. The molecule has 1 saturated heterocycles. The van der Waals surface area contributed by atoms with Crippen molar-refractivity contribution in [3.8, 4) is 0 Å². The average Bonchev–Trinajstić information content (AvgIpc) is 3.11. The molecule has 0 saturated carbocycles. The number of carbonyl (C=O) groups excluding carboxylic acids is 2. The number of hydrogen-bond donors (Lipinski definition) is 1. The maximum Gasteiger partial charge on any atom is 0.251 e. The predicted molar refractivity (Wildman–Crippen MR) is 101 cm³/mol. The third-order valence-electron chi connectivity index (χ3n) is 5.78. The van der Waals surface area contributed by atoms with E-state index in [4.69, 9.17) is 0 Å². The molecule has 0 aromatic carbocycles. The van der Waals surface area contributed by atoms with E-state index in [0.29, 0.717) is 31.6 Å².